The Bertz CT molecular complexity index is 926. The van der Waals surface area contributed by atoms with Gasteiger partial charge >= 0.3 is 0 Å². The normalized spacial score (nSPS) is 21.6. The van der Waals surface area contributed by atoms with Crippen molar-refractivity contribution >= 4 is 40.5 Å². The van der Waals surface area contributed by atoms with E-state index in [1.54, 1.807) is 0 Å². The second-order valence-corrected chi connectivity index (χ2v) is 8.74. The smallest absolute Gasteiger partial charge is 0.228 e. The Hall–Kier alpha value is -2.73. The summed E-state index contributed by atoms with van der Waals surface area (Å²) in [4.78, 5) is 28.6. The SMILES string of the molecule is O=C([O-])[C@H]1CCCC[C@H]1C(=O)Nc1ccc(N2CCN(c3cccc(Cl)c3)CC2)cc1. The van der Waals surface area contributed by atoms with Crippen molar-refractivity contribution in [2.24, 2.45) is 11.8 Å². The molecule has 1 saturated carbocycles. The summed E-state index contributed by atoms with van der Waals surface area (Å²) in [5.74, 6) is -2.55. The largest absolute Gasteiger partial charge is 0.550 e. The number of piperazine rings is 1. The van der Waals surface area contributed by atoms with Gasteiger partial charge < -0.3 is 25.0 Å². The number of nitrogens with one attached hydrogen (secondary N) is 1. The molecule has 2 atom stereocenters. The van der Waals surface area contributed by atoms with Crippen molar-refractivity contribution in [2.75, 3.05) is 41.3 Å². The lowest BCUT2D eigenvalue weighted by Gasteiger charge is -2.37. The zero-order valence-electron chi connectivity index (χ0n) is 17.4. The molecule has 6 nitrogen and oxygen atoms in total. The summed E-state index contributed by atoms with van der Waals surface area (Å²) in [5.41, 5.74) is 2.94. The highest BCUT2D eigenvalue weighted by atomic mass is 35.5. The van der Waals surface area contributed by atoms with Gasteiger partial charge in [-0.25, -0.2) is 0 Å². The number of hydrogen-bond donors (Lipinski definition) is 1. The van der Waals surface area contributed by atoms with Gasteiger partial charge in [0.25, 0.3) is 0 Å². The topological polar surface area (TPSA) is 75.7 Å². The summed E-state index contributed by atoms with van der Waals surface area (Å²) >= 11 is 6.11. The number of aliphatic carboxylic acids is 1. The number of carbonyl (C=O) groups excluding carboxylic acids is 2. The molecule has 1 N–H and O–H groups in total. The van der Waals surface area contributed by atoms with E-state index in [1.807, 2.05) is 42.5 Å². The lowest BCUT2D eigenvalue weighted by Crippen LogP contribution is -2.46. The Balaban J connectivity index is 1.33. The van der Waals surface area contributed by atoms with Gasteiger partial charge in [0, 0.05) is 66.1 Å². The molecule has 0 spiro atoms. The van der Waals surface area contributed by atoms with E-state index >= 15 is 0 Å². The maximum atomic E-state index is 12.6. The third kappa shape index (κ3) is 5.13. The van der Waals surface area contributed by atoms with E-state index in [2.05, 4.69) is 21.2 Å². The van der Waals surface area contributed by atoms with Gasteiger partial charge in [0.15, 0.2) is 0 Å². The zero-order valence-corrected chi connectivity index (χ0v) is 18.2. The third-order valence-electron chi connectivity index (χ3n) is 6.36. The van der Waals surface area contributed by atoms with Crippen LogP contribution in [-0.4, -0.2) is 38.1 Å². The molecule has 0 bridgehead atoms. The van der Waals surface area contributed by atoms with Gasteiger partial charge in [0.2, 0.25) is 5.91 Å². The van der Waals surface area contributed by atoms with E-state index in [4.69, 9.17) is 11.6 Å². The Morgan fingerprint density at radius 2 is 1.48 bits per heavy atom. The van der Waals surface area contributed by atoms with Crippen LogP contribution in [0.3, 0.4) is 0 Å². The molecule has 4 rings (SSSR count). The van der Waals surface area contributed by atoms with Crippen LogP contribution in [0.1, 0.15) is 25.7 Å². The number of carboxylic acid groups (broad SMARTS) is 1. The fourth-order valence-corrected chi connectivity index (χ4v) is 4.80. The summed E-state index contributed by atoms with van der Waals surface area (Å²) in [6.07, 6.45) is 2.82. The highest BCUT2D eigenvalue weighted by Gasteiger charge is 2.31. The summed E-state index contributed by atoms with van der Waals surface area (Å²) in [6.45, 7) is 3.61. The minimum atomic E-state index is -1.12. The fourth-order valence-electron chi connectivity index (χ4n) is 4.61. The lowest BCUT2D eigenvalue weighted by molar-refractivity contribution is -0.313. The average Bonchev–Trinajstić information content (AvgIpc) is 2.79. The zero-order chi connectivity index (χ0) is 21.8. The van der Waals surface area contributed by atoms with E-state index in [-0.39, 0.29) is 5.91 Å². The van der Waals surface area contributed by atoms with Gasteiger partial charge in [-0.1, -0.05) is 30.5 Å². The van der Waals surface area contributed by atoms with Gasteiger partial charge in [-0.15, -0.1) is 0 Å². The number of carbonyl (C=O) groups is 2. The predicted molar refractivity (Wildman–Crippen MR) is 121 cm³/mol. The molecule has 1 saturated heterocycles. The summed E-state index contributed by atoms with van der Waals surface area (Å²) in [6, 6.07) is 15.7. The van der Waals surface area contributed by atoms with Crippen molar-refractivity contribution in [1.82, 2.24) is 0 Å². The molecule has 0 radical (unpaired) electrons. The number of benzene rings is 2. The summed E-state index contributed by atoms with van der Waals surface area (Å²) in [5, 5.41) is 15.0. The molecule has 0 unspecified atom stereocenters. The Morgan fingerprint density at radius 1 is 0.871 bits per heavy atom. The maximum absolute atomic E-state index is 12.6. The number of rotatable bonds is 5. The highest BCUT2D eigenvalue weighted by Crippen LogP contribution is 2.31. The molecular formula is C24H27ClN3O3-. The maximum Gasteiger partial charge on any atom is 0.228 e. The second-order valence-electron chi connectivity index (χ2n) is 8.31. The number of anilines is 3. The van der Waals surface area contributed by atoms with Crippen LogP contribution in [0.5, 0.6) is 0 Å². The first-order chi connectivity index (χ1) is 15.0. The molecule has 1 aliphatic carbocycles. The number of halogens is 1. The quantitative estimate of drug-likeness (QED) is 0.772. The van der Waals surface area contributed by atoms with Crippen molar-refractivity contribution < 1.29 is 14.7 Å². The van der Waals surface area contributed by atoms with Crippen LogP contribution in [0, 0.1) is 11.8 Å². The molecule has 2 aliphatic rings. The van der Waals surface area contributed by atoms with Crippen LogP contribution in [0.4, 0.5) is 17.1 Å². The molecule has 0 aromatic heterocycles. The van der Waals surface area contributed by atoms with E-state index < -0.39 is 17.8 Å². The second kappa shape index (κ2) is 9.60. The molecular weight excluding hydrogens is 414 g/mol. The van der Waals surface area contributed by atoms with Crippen LogP contribution in [0.25, 0.3) is 0 Å². The molecule has 7 heteroatoms. The van der Waals surface area contributed by atoms with Gasteiger partial charge in [0.1, 0.15) is 0 Å². The standard InChI is InChI=1S/C24H28ClN3O3/c25-17-4-3-5-20(16-17)28-14-12-27(13-15-28)19-10-8-18(9-11-19)26-23(29)21-6-1-2-7-22(21)24(30)31/h3-5,8-11,16,21-22H,1-2,6-7,12-15H2,(H,26,29)(H,30,31)/p-1/t21-,22+/m1/s1. The Labute approximate surface area is 187 Å². The number of hydrogen-bond acceptors (Lipinski definition) is 5. The molecule has 31 heavy (non-hydrogen) atoms. The van der Waals surface area contributed by atoms with Gasteiger partial charge in [-0.2, -0.15) is 0 Å². The van der Waals surface area contributed by atoms with Crippen LogP contribution < -0.4 is 20.2 Å². The van der Waals surface area contributed by atoms with Crippen molar-refractivity contribution in [3.63, 3.8) is 0 Å². The molecule has 1 heterocycles. The molecule has 2 aromatic carbocycles. The van der Waals surface area contributed by atoms with Gasteiger partial charge in [-0.3, -0.25) is 4.79 Å². The van der Waals surface area contributed by atoms with Crippen molar-refractivity contribution in [3.05, 3.63) is 53.6 Å². The minimum Gasteiger partial charge on any atom is -0.550 e. The van der Waals surface area contributed by atoms with Crippen molar-refractivity contribution in [2.45, 2.75) is 25.7 Å². The van der Waals surface area contributed by atoms with Crippen molar-refractivity contribution in [3.8, 4) is 0 Å². The Morgan fingerprint density at radius 3 is 2.10 bits per heavy atom. The lowest BCUT2D eigenvalue weighted by atomic mass is 9.78. The monoisotopic (exact) mass is 440 g/mol. The highest BCUT2D eigenvalue weighted by molar-refractivity contribution is 6.30. The van der Waals surface area contributed by atoms with E-state index in [9.17, 15) is 14.7 Å². The Kier molecular flexibility index (Phi) is 6.66. The summed E-state index contributed by atoms with van der Waals surface area (Å²) in [7, 11) is 0. The van der Waals surface area contributed by atoms with E-state index in [0.29, 0.717) is 18.5 Å². The molecule has 2 fully saturated rings. The van der Waals surface area contributed by atoms with E-state index in [1.165, 1.54) is 0 Å². The number of amides is 1. The predicted octanol–water partition coefficient (Wildman–Crippen LogP) is 3.16. The first-order valence-electron chi connectivity index (χ1n) is 10.9. The first-order valence-corrected chi connectivity index (χ1v) is 11.3. The number of nitrogens with zero attached hydrogens (tertiary/aromatic N) is 2. The van der Waals surface area contributed by atoms with Crippen molar-refractivity contribution in [1.29, 1.82) is 0 Å². The number of carboxylic acids is 1. The van der Waals surface area contributed by atoms with Gasteiger partial charge in [0.05, 0.1) is 0 Å². The minimum absolute atomic E-state index is 0.225. The van der Waals surface area contributed by atoms with Gasteiger partial charge in [-0.05, 0) is 55.3 Å². The third-order valence-corrected chi connectivity index (χ3v) is 6.59. The van der Waals surface area contributed by atoms with Crippen LogP contribution >= 0.6 is 11.6 Å². The molecule has 1 amide bonds. The summed E-state index contributed by atoms with van der Waals surface area (Å²) < 4.78 is 0. The van der Waals surface area contributed by atoms with Crippen LogP contribution in [0.15, 0.2) is 48.5 Å². The molecule has 2 aromatic rings. The van der Waals surface area contributed by atoms with Crippen LogP contribution in [0.2, 0.25) is 5.02 Å². The average molecular weight is 441 g/mol. The molecule has 164 valence electrons. The first kappa shape index (κ1) is 21.5. The van der Waals surface area contributed by atoms with Crippen LogP contribution in [-0.2, 0) is 9.59 Å². The van der Waals surface area contributed by atoms with E-state index in [0.717, 1.165) is 55.4 Å². The fraction of sp³-hybridized carbons (Fsp3) is 0.417. The molecule has 1 aliphatic heterocycles.